The summed E-state index contributed by atoms with van der Waals surface area (Å²) in [4.78, 5) is 24.0. The van der Waals surface area contributed by atoms with E-state index >= 15 is 0 Å². The summed E-state index contributed by atoms with van der Waals surface area (Å²) >= 11 is 0. The van der Waals surface area contributed by atoms with Gasteiger partial charge in [-0.2, -0.15) is 0 Å². The van der Waals surface area contributed by atoms with E-state index in [0.717, 1.165) is 29.1 Å². The third kappa shape index (κ3) is 12.2. The number of ether oxygens (including phenoxy) is 2. The molecule has 38 heavy (non-hydrogen) atoms. The van der Waals surface area contributed by atoms with Gasteiger partial charge in [0.2, 0.25) is 0 Å². The van der Waals surface area contributed by atoms with Gasteiger partial charge in [-0.1, -0.05) is 83.9 Å². The summed E-state index contributed by atoms with van der Waals surface area (Å²) in [6.45, 7) is 26.2. The number of allylic oxidation sites excluding steroid dienone is 3. The van der Waals surface area contributed by atoms with Crippen LogP contribution in [0.4, 0.5) is 4.79 Å². The van der Waals surface area contributed by atoms with Gasteiger partial charge in [-0.15, -0.1) is 0 Å². The fourth-order valence-corrected chi connectivity index (χ4v) is 3.32. The van der Waals surface area contributed by atoms with Gasteiger partial charge < -0.3 is 14.4 Å². The van der Waals surface area contributed by atoms with E-state index in [1.54, 1.807) is 4.90 Å². The average molecular weight is 528 g/mol. The summed E-state index contributed by atoms with van der Waals surface area (Å²) < 4.78 is 11.5. The van der Waals surface area contributed by atoms with Crippen molar-refractivity contribution >= 4 is 17.5 Å². The number of hydrogen-bond donors (Lipinski definition) is 0. The van der Waals surface area contributed by atoms with Crippen LogP contribution in [0.1, 0.15) is 93.7 Å². The van der Waals surface area contributed by atoms with Crippen LogP contribution in [-0.4, -0.2) is 48.2 Å². The summed E-state index contributed by atoms with van der Waals surface area (Å²) in [6.07, 6.45) is 2.27. The molecule has 1 saturated heterocycles. The van der Waals surface area contributed by atoms with Crippen molar-refractivity contribution in [3.05, 3.63) is 58.4 Å². The number of hydrogen-bond acceptors (Lipinski definition) is 5. The van der Waals surface area contributed by atoms with Gasteiger partial charge in [0, 0.05) is 18.5 Å². The van der Waals surface area contributed by atoms with Crippen LogP contribution in [0.5, 0.6) is 0 Å². The number of morpholine rings is 1. The van der Waals surface area contributed by atoms with E-state index in [9.17, 15) is 4.79 Å². The van der Waals surface area contributed by atoms with Crippen LogP contribution in [0.15, 0.2) is 57.3 Å². The number of carbonyl (C=O) groups is 1. The van der Waals surface area contributed by atoms with E-state index in [0.29, 0.717) is 25.6 Å². The van der Waals surface area contributed by atoms with E-state index < -0.39 is 0 Å². The predicted octanol–water partition coefficient (Wildman–Crippen LogP) is 8.55. The second kappa shape index (κ2) is 19.4. The quantitative estimate of drug-likeness (QED) is 0.318. The van der Waals surface area contributed by atoms with Crippen molar-refractivity contribution in [3.8, 4) is 0 Å². The Morgan fingerprint density at radius 1 is 1.11 bits per heavy atom. The molecule has 1 aromatic rings. The van der Waals surface area contributed by atoms with Crippen molar-refractivity contribution in [2.24, 2.45) is 15.9 Å². The zero-order chi connectivity index (χ0) is 29.3. The lowest BCUT2D eigenvalue weighted by Gasteiger charge is -2.32. The number of amides is 1. The third-order valence-corrected chi connectivity index (χ3v) is 6.18. The molecule has 0 aliphatic carbocycles. The molecule has 1 amide bonds. The summed E-state index contributed by atoms with van der Waals surface area (Å²) in [5.41, 5.74) is 7.14. The normalized spacial score (nSPS) is 17.1. The molecule has 0 spiro atoms. The standard InChI is InChI=1S/C28H41N3O3.2C2H6/c1-9-20(4)16-29-24(8)27(22(6)19(2)3)30-23(7)26-17-31(14-15-33-26)28(32)34-18-25-12-10-21(5)11-13-25;2*1-2/h10-13,16,19,26H,9,14-15,17-18H2,1-8H3;2*1-2H3/b20-16-,27-22-,29-24-,30-23?;;/t26-;;/m0../s1. The predicted molar refractivity (Wildman–Crippen MR) is 163 cm³/mol. The van der Waals surface area contributed by atoms with Crippen molar-refractivity contribution in [3.63, 3.8) is 0 Å². The maximum atomic E-state index is 12.7. The number of aliphatic imine (C=N–C) groups is 2. The summed E-state index contributed by atoms with van der Waals surface area (Å²) in [5.74, 6) is 0.341. The highest BCUT2D eigenvalue weighted by atomic mass is 16.6. The van der Waals surface area contributed by atoms with E-state index in [1.165, 1.54) is 16.7 Å². The van der Waals surface area contributed by atoms with Crippen LogP contribution >= 0.6 is 0 Å². The molecule has 0 radical (unpaired) electrons. The Morgan fingerprint density at radius 3 is 2.26 bits per heavy atom. The van der Waals surface area contributed by atoms with Crippen LogP contribution in [0, 0.1) is 12.8 Å². The molecule has 0 saturated carbocycles. The Bertz CT molecular complexity index is 957. The van der Waals surface area contributed by atoms with Crippen LogP contribution in [0.3, 0.4) is 0 Å². The van der Waals surface area contributed by atoms with Crippen LogP contribution in [0.2, 0.25) is 0 Å². The van der Waals surface area contributed by atoms with Crippen LogP contribution in [0.25, 0.3) is 0 Å². The summed E-state index contributed by atoms with van der Waals surface area (Å²) in [5, 5.41) is 0. The molecule has 1 fully saturated rings. The molecule has 1 heterocycles. The minimum atomic E-state index is -0.325. The molecule has 6 heteroatoms. The second-order valence-corrected chi connectivity index (χ2v) is 9.33. The van der Waals surface area contributed by atoms with Crippen molar-refractivity contribution < 1.29 is 14.3 Å². The highest BCUT2D eigenvalue weighted by Crippen LogP contribution is 2.19. The zero-order valence-electron chi connectivity index (χ0n) is 26.1. The zero-order valence-corrected chi connectivity index (χ0v) is 26.1. The Labute approximate surface area is 232 Å². The molecular weight excluding hydrogens is 474 g/mol. The monoisotopic (exact) mass is 527 g/mol. The molecule has 214 valence electrons. The number of rotatable bonds is 8. The lowest BCUT2D eigenvalue weighted by atomic mass is 10.0. The topological polar surface area (TPSA) is 63.5 Å². The molecule has 0 N–H and O–H groups in total. The van der Waals surface area contributed by atoms with Gasteiger partial charge in [0.1, 0.15) is 12.7 Å². The van der Waals surface area contributed by atoms with E-state index in [2.05, 4.69) is 39.6 Å². The highest BCUT2D eigenvalue weighted by Gasteiger charge is 2.27. The Balaban J connectivity index is 0.00000326. The lowest BCUT2D eigenvalue weighted by molar-refractivity contribution is 0.00121. The fourth-order valence-electron chi connectivity index (χ4n) is 3.32. The van der Waals surface area contributed by atoms with Crippen molar-refractivity contribution in [1.82, 2.24) is 4.90 Å². The molecule has 1 atom stereocenters. The SMILES string of the molecule is CC.CC.CC\C(C)=C/N=C(C)\C(N=C(C)[C@@H]1CN(C(=O)OCc2ccc(C)cc2)CCO1)=C(/C)C(C)C. The fraction of sp³-hybridized carbons (Fsp3) is 0.594. The largest absolute Gasteiger partial charge is 0.445 e. The molecule has 2 rings (SSSR count). The van der Waals surface area contributed by atoms with E-state index in [-0.39, 0.29) is 18.8 Å². The summed E-state index contributed by atoms with van der Waals surface area (Å²) in [6, 6.07) is 7.99. The molecule has 1 aliphatic rings. The van der Waals surface area contributed by atoms with Gasteiger partial charge in [-0.25, -0.2) is 4.79 Å². The number of aryl methyl sites for hydroxylation is 1. The van der Waals surface area contributed by atoms with Crippen molar-refractivity contribution in [2.75, 3.05) is 19.7 Å². The minimum Gasteiger partial charge on any atom is -0.445 e. The number of benzene rings is 1. The molecule has 0 bridgehead atoms. The van der Waals surface area contributed by atoms with Gasteiger partial charge in [-0.05, 0) is 58.1 Å². The van der Waals surface area contributed by atoms with Gasteiger partial charge in [0.15, 0.2) is 0 Å². The van der Waals surface area contributed by atoms with Crippen molar-refractivity contribution in [2.45, 2.75) is 102 Å². The van der Waals surface area contributed by atoms with Gasteiger partial charge in [-0.3, -0.25) is 9.98 Å². The molecule has 1 aliphatic heterocycles. The van der Waals surface area contributed by atoms with Gasteiger partial charge in [0.25, 0.3) is 0 Å². The molecule has 0 aromatic heterocycles. The summed E-state index contributed by atoms with van der Waals surface area (Å²) in [7, 11) is 0. The Kier molecular flexibility index (Phi) is 18.0. The molecule has 0 unspecified atom stereocenters. The minimum absolute atomic E-state index is 0.259. The first-order valence-corrected chi connectivity index (χ1v) is 14.2. The maximum Gasteiger partial charge on any atom is 0.410 e. The van der Waals surface area contributed by atoms with Crippen LogP contribution < -0.4 is 0 Å². The second-order valence-electron chi connectivity index (χ2n) is 9.33. The average Bonchev–Trinajstić information content (AvgIpc) is 2.95. The molecule has 6 nitrogen and oxygen atoms in total. The van der Waals surface area contributed by atoms with Crippen molar-refractivity contribution in [1.29, 1.82) is 0 Å². The van der Waals surface area contributed by atoms with Gasteiger partial charge in [0.05, 0.1) is 24.6 Å². The smallest absolute Gasteiger partial charge is 0.410 e. The number of carbonyl (C=O) groups excluding carboxylic acids is 1. The van der Waals surface area contributed by atoms with E-state index in [1.807, 2.05) is 78.9 Å². The molecular formula is C32H53N3O3. The van der Waals surface area contributed by atoms with Crippen LogP contribution in [-0.2, 0) is 16.1 Å². The maximum absolute atomic E-state index is 12.7. The first kappa shape index (κ1) is 35.3. The van der Waals surface area contributed by atoms with E-state index in [4.69, 9.17) is 14.5 Å². The first-order chi connectivity index (χ1) is 18.1. The number of nitrogens with zero attached hydrogens (tertiary/aromatic N) is 3. The lowest BCUT2D eigenvalue weighted by Crippen LogP contribution is -2.48. The third-order valence-electron chi connectivity index (χ3n) is 6.18. The highest BCUT2D eigenvalue weighted by molar-refractivity contribution is 6.02. The van der Waals surface area contributed by atoms with Gasteiger partial charge >= 0.3 is 6.09 Å². The Hall–Kier alpha value is -2.73. The Morgan fingerprint density at radius 2 is 1.71 bits per heavy atom. The first-order valence-electron chi connectivity index (χ1n) is 14.2. The molecule has 1 aromatic carbocycles.